The molecule has 2 unspecified atom stereocenters. The summed E-state index contributed by atoms with van der Waals surface area (Å²) >= 11 is 1.55. The molecule has 24 heavy (non-hydrogen) atoms. The third kappa shape index (κ3) is 5.81. The molecule has 4 nitrogen and oxygen atoms in total. The van der Waals surface area contributed by atoms with E-state index in [0.29, 0.717) is 6.61 Å². The Bertz CT molecular complexity index is 631. The molecule has 1 amide bonds. The Morgan fingerprint density at radius 2 is 1.67 bits per heavy atom. The van der Waals surface area contributed by atoms with Crippen LogP contribution in [0.1, 0.15) is 13.8 Å². The quantitative estimate of drug-likeness (QED) is 0.740. The van der Waals surface area contributed by atoms with E-state index in [1.807, 2.05) is 68.4 Å². The zero-order valence-electron chi connectivity index (χ0n) is 14.2. The molecular weight excluding hydrogens is 322 g/mol. The lowest BCUT2D eigenvalue weighted by molar-refractivity contribution is -0.121. The first-order valence-corrected chi connectivity index (χ1v) is 8.75. The van der Waals surface area contributed by atoms with Gasteiger partial charge in [-0.1, -0.05) is 18.2 Å². The highest BCUT2D eigenvalue weighted by Gasteiger charge is 2.16. The number of nitrogens with one attached hydrogen (secondary N) is 1. The molecule has 0 spiro atoms. The molecule has 2 aromatic rings. The van der Waals surface area contributed by atoms with E-state index in [4.69, 9.17) is 9.47 Å². The Labute approximate surface area is 147 Å². The molecule has 0 bridgehead atoms. The molecule has 0 aliphatic rings. The summed E-state index contributed by atoms with van der Waals surface area (Å²) in [5.74, 6) is 1.55. The summed E-state index contributed by atoms with van der Waals surface area (Å²) in [4.78, 5) is 13.3. The molecule has 2 rings (SSSR count). The molecule has 5 heteroatoms. The summed E-state index contributed by atoms with van der Waals surface area (Å²) in [5, 5.41) is 2.83. The minimum atomic E-state index is -0.157. The van der Waals surface area contributed by atoms with Crippen LogP contribution in [-0.4, -0.2) is 30.9 Å². The molecule has 0 fully saturated rings. The van der Waals surface area contributed by atoms with Crippen LogP contribution in [0.3, 0.4) is 0 Å². The van der Waals surface area contributed by atoms with Gasteiger partial charge in [-0.2, -0.15) is 0 Å². The van der Waals surface area contributed by atoms with E-state index >= 15 is 0 Å². The van der Waals surface area contributed by atoms with Crippen LogP contribution in [0.15, 0.2) is 59.5 Å². The van der Waals surface area contributed by atoms with Gasteiger partial charge in [0.2, 0.25) is 5.91 Å². The normalized spacial score (nSPS) is 13.0. The van der Waals surface area contributed by atoms with Crippen LogP contribution in [0, 0.1) is 0 Å². The lowest BCUT2D eigenvalue weighted by Gasteiger charge is -2.18. The van der Waals surface area contributed by atoms with Crippen molar-refractivity contribution < 1.29 is 14.3 Å². The van der Waals surface area contributed by atoms with Gasteiger partial charge in [0.1, 0.15) is 18.1 Å². The number of methoxy groups -OCH3 is 1. The van der Waals surface area contributed by atoms with Crippen molar-refractivity contribution in [3.8, 4) is 11.5 Å². The number of rotatable bonds is 8. The molecule has 0 radical (unpaired) electrons. The SMILES string of the molecule is COc1ccc(OCC(C)NC(=O)C(C)Sc2ccccc2)cc1. The van der Waals surface area contributed by atoms with Crippen LogP contribution >= 0.6 is 11.8 Å². The van der Waals surface area contributed by atoms with Gasteiger partial charge >= 0.3 is 0 Å². The molecule has 0 saturated carbocycles. The van der Waals surface area contributed by atoms with Crippen molar-refractivity contribution in [2.45, 2.75) is 30.0 Å². The Hall–Kier alpha value is -2.14. The topological polar surface area (TPSA) is 47.6 Å². The van der Waals surface area contributed by atoms with Gasteiger partial charge < -0.3 is 14.8 Å². The fourth-order valence-electron chi connectivity index (χ4n) is 2.05. The highest BCUT2D eigenvalue weighted by Crippen LogP contribution is 2.22. The van der Waals surface area contributed by atoms with Crippen molar-refractivity contribution in [2.75, 3.05) is 13.7 Å². The van der Waals surface area contributed by atoms with Gasteiger partial charge in [-0.15, -0.1) is 11.8 Å². The van der Waals surface area contributed by atoms with E-state index in [-0.39, 0.29) is 17.2 Å². The Morgan fingerprint density at radius 1 is 1.04 bits per heavy atom. The molecule has 128 valence electrons. The molecule has 2 atom stereocenters. The van der Waals surface area contributed by atoms with Crippen molar-refractivity contribution in [2.24, 2.45) is 0 Å². The van der Waals surface area contributed by atoms with Gasteiger partial charge in [-0.05, 0) is 50.2 Å². The molecule has 0 aliphatic heterocycles. The summed E-state index contributed by atoms with van der Waals surface area (Å²) in [7, 11) is 1.63. The number of amides is 1. The van der Waals surface area contributed by atoms with Crippen LogP contribution in [-0.2, 0) is 4.79 Å². The molecule has 1 N–H and O–H groups in total. The smallest absolute Gasteiger partial charge is 0.233 e. The van der Waals surface area contributed by atoms with Gasteiger partial charge in [0.05, 0.1) is 18.4 Å². The zero-order valence-corrected chi connectivity index (χ0v) is 15.0. The highest BCUT2D eigenvalue weighted by atomic mass is 32.2. The summed E-state index contributed by atoms with van der Waals surface area (Å²) in [6, 6.07) is 17.2. The monoisotopic (exact) mass is 345 g/mol. The predicted molar refractivity (Wildman–Crippen MR) is 97.9 cm³/mol. The minimum Gasteiger partial charge on any atom is -0.497 e. The summed E-state index contributed by atoms with van der Waals surface area (Å²) < 4.78 is 10.8. The first-order valence-electron chi connectivity index (χ1n) is 7.87. The predicted octanol–water partition coefficient (Wildman–Crippen LogP) is 3.76. The van der Waals surface area contributed by atoms with Gasteiger partial charge in [-0.25, -0.2) is 0 Å². The van der Waals surface area contributed by atoms with E-state index in [1.54, 1.807) is 18.9 Å². The molecule has 0 aliphatic carbocycles. The molecule has 0 heterocycles. The number of hydrogen-bond acceptors (Lipinski definition) is 4. The van der Waals surface area contributed by atoms with Crippen molar-refractivity contribution in [3.63, 3.8) is 0 Å². The van der Waals surface area contributed by atoms with Crippen LogP contribution in [0.5, 0.6) is 11.5 Å². The van der Waals surface area contributed by atoms with Crippen LogP contribution in [0.25, 0.3) is 0 Å². The Morgan fingerprint density at radius 3 is 2.29 bits per heavy atom. The number of thioether (sulfide) groups is 1. The summed E-state index contributed by atoms with van der Waals surface area (Å²) in [6.45, 7) is 4.26. The van der Waals surface area contributed by atoms with Crippen LogP contribution in [0.2, 0.25) is 0 Å². The number of hydrogen-bond donors (Lipinski definition) is 1. The maximum atomic E-state index is 12.2. The number of carbonyl (C=O) groups is 1. The average Bonchev–Trinajstić information content (AvgIpc) is 2.61. The van der Waals surface area contributed by atoms with Crippen molar-refractivity contribution in [3.05, 3.63) is 54.6 Å². The maximum absolute atomic E-state index is 12.2. The van der Waals surface area contributed by atoms with E-state index in [0.717, 1.165) is 16.4 Å². The zero-order chi connectivity index (χ0) is 17.4. The Balaban J connectivity index is 1.76. The van der Waals surface area contributed by atoms with Gasteiger partial charge in [0.15, 0.2) is 0 Å². The van der Waals surface area contributed by atoms with E-state index in [1.165, 1.54) is 0 Å². The minimum absolute atomic E-state index is 0.00897. The first kappa shape index (κ1) is 18.2. The lowest BCUT2D eigenvalue weighted by atomic mass is 10.3. The second kappa shape index (κ2) is 9.23. The van der Waals surface area contributed by atoms with Gasteiger partial charge in [0.25, 0.3) is 0 Å². The lowest BCUT2D eigenvalue weighted by Crippen LogP contribution is -2.40. The maximum Gasteiger partial charge on any atom is 0.233 e. The highest BCUT2D eigenvalue weighted by molar-refractivity contribution is 8.00. The third-order valence-electron chi connectivity index (χ3n) is 3.37. The fraction of sp³-hybridized carbons (Fsp3) is 0.316. The largest absolute Gasteiger partial charge is 0.497 e. The second-order valence-corrected chi connectivity index (χ2v) is 6.88. The molecular formula is C19H23NO3S. The van der Waals surface area contributed by atoms with Crippen LogP contribution < -0.4 is 14.8 Å². The molecule has 0 saturated heterocycles. The van der Waals surface area contributed by atoms with E-state index in [2.05, 4.69) is 5.32 Å². The standard InChI is InChI=1S/C19H23NO3S/c1-14(13-23-17-11-9-16(22-3)10-12-17)20-19(21)15(2)24-18-7-5-4-6-8-18/h4-12,14-15H,13H2,1-3H3,(H,20,21). The first-order chi connectivity index (χ1) is 11.6. The Kier molecular flexibility index (Phi) is 7.00. The second-order valence-electron chi connectivity index (χ2n) is 5.47. The summed E-state index contributed by atoms with van der Waals surface area (Å²) in [6.07, 6.45) is 0. The average molecular weight is 345 g/mol. The van der Waals surface area contributed by atoms with Gasteiger partial charge in [-0.3, -0.25) is 4.79 Å². The van der Waals surface area contributed by atoms with Gasteiger partial charge in [0, 0.05) is 4.90 Å². The van der Waals surface area contributed by atoms with E-state index in [9.17, 15) is 4.79 Å². The summed E-state index contributed by atoms with van der Waals surface area (Å²) in [5.41, 5.74) is 0. The number of benzene rings is 2. The molecule has 2 aromatic carbocycles. The number of ether oxygens (including phenoxy) is 2. The van der Waals surface area contributed by atoms with Crippen molar-refractivity contribution >= 4 is 17.7 Å². The number of carbonyl (C=O) groups excluding carboxylic acids is 1. The van der Waals surface area contributed by atoms with Crippen molar-refractivity contribution in [1.82, 2.24) is 5.32 Å². The molecule has 0 aromatic heterocycles. The fourth-order valence-corrected chi connectivity index (χ4v) is 2.95. The van der Waals surface area contributed by atoms with E-state index < -0.39 is 0 Å². The van der Waals surface area contributed by atoms with Crippen molar-refractivity contribution in [1.29, 1.82) is 0 Å². The third-order valence-corrected chi connectivity index (χ3v) is 4.49. The van der Waals surface area contributed by atoms with Crippen LogP contribution in [0.4, 0.5) is 0 Å².